The summed E-state index contributed by atoms with van der Waals surface area (Å²) in [7, 11) is 0. The predicted octanol–water partition coefficient (Wildman–Crippen LogP) is 3.37. The summed E-state index contributed by atoms with van der Waals surface area (Å²) < 4.78 is 35.9. The van der Waals surface area contributed by atoms with Crippen LogP contribution < -0.4 is 16.4 Å². The van der Waals surface area contributed by atoms with Gasteiger partial charge in [0.1, 0.15) is 4.88 Å². The van der Waals surface area contributed by atoms with Gasteiger partial charge in [0, 0.05) is 19.0 Å². The SMILES string of the molecule is Nc1cc(NCCCCC(F)(F)F)sc1C(=O)NC1CC1. The van der Waals surface area contributed by atoms with Gasteiger partial charge >= 0.3 is 6.18 Å². The third kappa shape index (κ3) is 5.45. The third-order valence-electron chi connectivity index (χ3n) is 3.07. The second kappa shape index (κ2) is 6.55. The number of unbranched alkanes of at least 4 members (excludes halogenated alkanes) is 1. The van der Waals surface area contributed by atoms with E-state index in [0.717, 1.165) is 12.8 Å². The van der Waals surface area contributed by atoms with E-state index in [1.807, 2.05) is 0 Å². The number of carbonyl (C=O) groups is 1. The zero-order valence-electron chi connectivity index (χ0n) is 11.4. The maximum Gasteiger partial charge on any atom is 0.389 e. The molecule has 0 saturated heterocycles. The van der Waals surface area contributed by atoms with Gasteiger partial charge in [-0.05, 0) is 31.7 Å². The number of hydrogen-bond acceptors (Lipinski definition) is 4. The van der Waals surface area contributed by atoms with Crippen molar-refractivity contribution in [2.24, 2.45) is 0 Å². The van der Waals surface area contributed by atoms with E-state index < -0.39 is 12.6 Å². The maximum atomic E-state index is 12.0. The smallest absolute Gasteiger partial charge is 0.389 e. The number of nitrogen functional groups attached to an aromatic ring is 1. The summed E-state index contributed by atoms with van der Waals surface area (Å²) in [6, 6.07) is 1.91. The molecular weight excluding hydrogens is 303 g/mol. The molecule has 1 heterocycles. The van der Waals surface area contributed by atoms with Crippen molar-refractivity contribution in [2.45, 2.75) is 44.3 Å². The van der Waals surface area contributed by atoms with Gasteiger partial charge in [-0.15, -0.1) is 11.3 Å². The topological polar surface area (TPSA) is 67.1 Å². The highest BCUT2D eigenvalue weighted by atomic mass is 32.1. The van der Waals surface area contributed by atoms with Crippen LogP contribution in [-0.4, -0.2) is 24.7 Å². The van der Waals surface area contributed by atoms with Crippen molar-refractivity contribution >= 4 is 27.9 Å². The molecule has 0 radical (unpaired) electrons. The Morgan fingerprint density at radius 1 is 1.38 bits per heavy atom. The Kier molecular flexibility index (Phi) is 4.97. The van der Waals surface area contributed by atoms with Gasteiger partial charge in [-0.3, -0.25) is 4.79 Å². The summed E-state index contributed by atoms with van der Waals surface area (Å²) in [5, 5.41) is 6.57. The Morgan fingerprint density at radius 3 is 2.71 bits per heavy atom. The first-order valence-corrected chi connectivity index (χ1v) is 7.67. The van der Waals surface area contributed by atoms with Crippen LogP contribution in [0.1, 0.15) is 41.8 Å². The largest absolute Gasteiger partial charge is 0.397 e. The van der Waals surface area contributed by atoms with Crippen LogP contribution in [0.2, 0.25) is 0 Å². The standard InChI is InChI=1S/C13H18F3N3OS/c14-13(15,16)5-1-2-6-18-10-7-9(17)11(21-10)12(20)19-8-3-4-8/h7-8,18H,1-6,17H2,(H,19,20). The lowest BCUT2D eigenvalue weighted by atomic mass is 10.2. The molecule has 4 N–H and O–H groups in total. The summed E-state index contributed by atoms with van der Waals surface area (Å²) in [5.41, 5.74) is 6.19. The van der Waals surface area contributed by atoms with E-state index >= 15 is 0 Å². The van der Waals surface area contributed by atoms with E-state index in [4.69, 9.17) is 5.73 Å². The van der Waals surface area contributed by atoms with Crippen molar-refractivity contribution < 1.29 is 18.0 Å². The Morgan fingerprint density at radius 2 is 2.10 bits per heavy atom. The van der Waals surface area contributed by atoms with Crippen LogP contribution >= 0.6 is 11.3 Å². The monoisotopic (exact) mass is 321 g/mol. The van der Waals surface area contributed by atoms with Crippen molar-refractivity contribution in [3.05, 3.63) is 10.9 Å². The first kappa shape index (κ1) is 15.9. The number of rotatable bonds is 7. The summed E-state index contributed by atoms with van der Waals surface area (Å²) >= 11 is 1.23. The summed E-state index contributed by atoms with van der Waals surface area (Å²) in [6.45, 7) is 0.430. The van der Waals surface area contributed by atoms with Gasteiger partial charge in [-0.2, -0.15) is 13.2 Å². The third-order valence-corrected chi connectivity index (χ3v) is 4.17. The first-order chi connectivity index (χ1) is 9.85. The number of nitrogens with two attached hydrogens (primary N) is 1. The highest BCUT2D eigenvalue weighted by molar-refractivity contribution is 7.18. The number of halogens is 3. The molecule has 0 atom stereocenters. The van der Waals surface area contributed by atoms with Crippen molar-refractivity contribution in [1.82, 2.24) is 5.32 Å². The minimum absolute atomic E-state index is 0.0897. The van der Waals surface area contributed by atoms with Crippen LogP contribution in [0.3, 0.4) is 0 Å². The average molecular weight is 321 g/mol. The molecule has 0 spiro atoms. The normalized spacial score (nSPS) is 15.0. The quantitative estimate of drug-likeness (QED) is 0.675. The molecule has 4 nitrogen and oxygen atoms in total. The molecule has 1 aromatic rings. The molecule has 1 fully saturated rings. The Labute approximate surface area is 124 Å². The fraction of sp³-hybridized carbons (Fsp3) is 0.615. The lowest BCUT2D eigenvalue weighted by Gasteiger charge is -2.06. The summed E-state index contributed by atoms with van der Waals surface area (Å²) in [4.78, 5) is 12.3. The van der Waals surface area contributed by atoms with E-state index in [0.29, 0.717) is 28.5 Å². The lowest BCUT2D eigenvalue weighted by molar-refractivity contribution is -0.135. The second-order valence-electron chi connectivity index (χ2n) is 5.14. The highest BCUT2D eigenvalue weighted by Gasteiger charge is 2.26. The summed E-state index contributed by atoms with van der Waals surface area (Å²) in [5.74, 6) is -0.176. The van der Waals surface area contributed by atoms with Crippen LogP contribution in [0.15, 0.2) is 6.07 Å². The molecule has 0 unspecified atom stereocenters. The molecule has 1 aliphatic carbocycles. The highest BCUT2D eigenvalue weighted by Crippen LogP contribution is 2.30. The minimum atomic E-state index is -4.10. The van der Waals surface area contributed by atoms with Crippen LogP contribution in [-0.2, 0) is 0 Å². The van der Waals surface area contributed by atoms with Crippen molar-refractivity contribution in [2.75, 3.05) is 17.6 Å². The Hall–Kier alpha value is -1.44. The van der Waals surface area contributed by atoms with Crippen LogP contribution in [0.5, 0.6) is 0 Å². The number of amides is 1. The fourth-order valence-electron chi connectivity index (χ4n) is 1.81. The second-order valence-corrected chi connectivity index (χ2v) is 6.19. The molecule has 1 aliphatic rings. The van der Waals surface area contributed by atoms with E-state index in [1.165, 1.54) is 11.3 Å². The van der Waals surface area contributed by atoms with Crippen molar-refractivity contribution in [3.8, 4) is 0 Å². The van der Waals surface area contributed by atoms with Gasteiger partial charge < -0.3 is 16.4 Å². The van der Waals surface area contributed by atoms with E-state index in [-0.39, 0.29) is 18.4 Å². The predicted molar refractivity (Wildman–Crippen MR) is 77.6 cm³/mol. The maximum absolute atomic E-state index is 12.0. The van der Waals surface area contributed by atoms with Crippen LogP contribution in [0, 0.1) is 0 Å². The van der Waals surface area contributed by atoms with Gasteiger partial charge in [0.15, 0.2) is 0 Å². The molecule has 0 aliphatic heterocycles. The Balaban J connectivity index is 1.75. The number of anilines is 2. The number of carbonyl (C=O) groups excluding carboxylic acids is 1. The number of thiophene rings is 1. The van der Waals surface area contributed by atoms with Gasteiger partial charge in [0.05, 0.1) is 10.7 Å². The molecule has 0 bridgehead atoms. The zero-order valence-corrected chi connectivity index (χ0v) is 12.2. The number of nitrogens with one attached hydrogen (secondary N) is 2. The molecule has 1 aromatic heterocycles. The zero-order chi connectivity index (χ0) is 15.5. The number of hydrogen-bond donors (Lipinski definition) is 3. The minimum Gasteiger partial charge on any atom is -0.397 e. The number of alkyl halides is 3. The molecule has 0 aromatic carbocycles. The molecular formula is C13H18F3N3OS. The van der Waals surface area contributed by atoms with Crippen LogP contribution in [0.25, 0.3) is 0 Å². The molecule has 1 saturated carbocycles. The lowest BCUT2D eigenvalue weighted by Crippen LogP contribution is -2.25. The molecule has 1 amide bonds. The average Bonchev–Trinajstić information content (AvgIpc) is 3.09. The van der Waals surface area contributed by atoms with Gasteiger partial charge in [0.25, 0.3) is 5.91 Å². The molecule has 21 heavy (non-hydrogen) atoms. The fourth-order valence-corrected chi connectivity index (χ4v) is 2.72. The van der Waals surface area contributed by atoms with Crippen LogP contribution in [0.4, 0.5) is 23.9 Å². The van der Waals surface area contributed by atoms with E-state index in [9.17, 15) is 18.0 Å². The van der Waals surface area contributed by atoms with Crippen molar-refractivity contribution in [3.63, 3.8) is 0 Å². The molecule has 2 rings (SSSR count). The summed E-state index contributed by atoms with van der Waals surface area (Å²) in [6.07, 6.45) is -2.35. The van der Waals surface area contributed by atoms with E-state index in [1.54, 1.807) is 6.07 Å². The van der Waals surface area contributed by atoms with Gasteiger partial charge in [0.2, 0.25) is 0 Å². The van der Waals surface area contributed by atoms with Gasteiger partial charge in [-0.25, -0.2) is 0 Å². The molecule has 118 valence electrons. The molecule has 8 heteroatoms. The van der Waals surface area contributed by atoms with Crippen molar-refractivity contribution in [1.29, 1.82) is 0 Å². The van der Waals surface area contributed by atoms with Gasteiger partial charge in [-0.1, -0.05) is 0 Å². The van der Waals surface area contributed by atoms with E-state index in [2.05, 4.69) is 10.6 Å². The Bertz CT molecular complexity index is 497. The first-order valence-electron chi connectivity index (χ1n) is 6.86.